The zero-order chi connectivity index (χ0) is 13.2. The monoisotopic (exact) mass is 250 g/mol. The van der Waals surface area contributed by atoms with Crippen LogP contribution < -0.4 is 0 Å². The molecule has 1 saturated heterocycles. The standard InChI is InChI=1S/C15H26N2O/c1-3-12-4-5-13(11-16)14(10-12)17-8-6-15(2,18)7-9-17/h12-14,18H,3-10H2,1-2H3. The molecule has 3 heteroatoms. The average Bonchev–Trinajstić information content (AvgIpc) is 2.38. The van der Waals surface area contributed by atoms with Crippen molar-refractivity contribution in [3.8, 4) is 6.07 Å². The van der Waals surface area contributed by atoms with E-state index < -0.39 is 5.60 Å². The number of hydrogen-bond acceptors (Lipinski definition) is 3. The third-order valence-corrected chi connectivity index (χ3v) is 5.01. The minimum absolute atomic E-state index is 0.204. The smallest absolute Gasteiger partial charge is 0.0672 e. The number of aliphatic hydroxyl groups is 1. The van der Waals surface area contributed by atoms with E-state index in [0.717, 1.165) is 38.3 Å². The van der Waals surface area contributed by atoms with Crippen LogP contribution in [0.25, 0.3) is 0 Å². The number of rotatable bonds is 2. The lowest BCUT2D eigenvalue weighted by atomic mass is 9.76. The highest BCUT2D eigenvalue weighted by Crippen LogP contribution is 2.35. The van der Waals surface area contributed by atoms with E-state index >= 15 is 0 Å². The van der Waals surface area contributed by atoms with Crippen molar-refractivity contribution < 1.29 is 5.11 Å². The highest BCUT2D eigenvalue weighted by Gasteiger charge is 2.37. The van der Waals surface area contributed by atoms with Crippen LogP contribution in [-0.2, 0) is 0 Å². The minimum atomic E-state index is -0.489. The van der Waals surface area contributed by atoms with E-state index in [0.29, 0.717) is 6.04 Å². The van der Waals surface area contributed by atoms with E-state index in [2.05, 4.69) is 17.9 Å². The van der Waals surface area contributed by atoms with Crippen LogP contribution in [0.4, 0.5) is 0 Å². The van der Waals surface area contributed by atoms with Gasteiger partial charge in [-0.05, 0) is 44.9 Å². The first kappa shape index (κ1) is 13.8. The summed E-state index contributed by atoms with van der Waals surface area (Å²) in [6.07, 6.45) is 6.39. The lowest BCUT2D eigenvalue weighted by Crippen LogP contribution is -2.51. The summed E-state index contributed by atoms with van der Waals surface area (Å²) >= 11 is 0. The van der Waals surface area contributed by atoms with Gasteiger partial charge in [0, 0.05) is 19.1 Å². The van der Waals surface area contributed by atoms with Crippen LogP contribution in [0.2, 0.25) is 0 Å². The molecule has 1 heterocycles. The van der Waals surface area contributed by atoms with Gasteiger partial charge in [-0.25, -0.2) is 0 Å². The van der Waals surface area contributed by atoms with Gasteiger partial charge in [-0.15, -0.1) is 0 Å². The first-order valence-electron chi connectivity index (χ1n) is 7.42. The summed E-state index contributed by atoms with van der Waals surface area (Å²) in [5.74, 6) is 0.998. The van der Waals surface area contributed by atoms with E-state index in [1.54, 1.807) is 0 Å². The summed E-state index contributed by atoms with van der Waals surface area (Å²) in [5, 5.41) is 19.3. The molecule has 1 aliphatic heterocycles. The molecule has 0 aromatic heterocycles. The lowest BCUT2D eigenvalue weighted by molar-refractivity contribution is -0.0294. The van der Waals surface area contributed by atoms with Crippen molar-refractivity contribution in [1.29, 1.82) is 5.26 Å². The van der Waals surface area contributed by atoms with Gasteiger partial charge in [-0.2, -0.15) is 5.26 Å². The molecule has 3 nitrogen and oxygen atoms in total. The highest BCUT2D eigenvalue weighted by atomic mass is 16.3. The molecule has 0 aromatic rings. The Morgan fingerprint density at radius 3 is 2.56 bits per heavy atom. The van der Waals surface area contributed by atoms with Gasteiger partial charge >= 0.3 is 0 Å². The summed E-state index contributed by atoms with van der Waals surface area (Å²) in [6.45, 7) is 6.09. The Kier molecular flexibility index (Phi) is 4.29. The largest absolute Gasteiger partial charge is 0.390 e. The van der Waals surface area contributed by atoms with Gasteiger partial charge in [0.2, 0.25) is 0 Å². The van der Waals surface area contributed by atoms with Crippen molar-refractivity contribution in [2.75, 3.05) is 13.1 Å². The maximum atomic E-state index is 10.0. The Morgan fingerprint density at radius 1 is 1.33 bits per heavy atom. The van der Waals surface area contributed by atoms with Gasteiger partial charge in [-0.3, -0.25) is 4.90 Å². The van der Waals surface area contributed by atoms with Crippen molar-refractivity contribution in [3.63, 3.8) is 0 Å². The van der Waals surface area contributed by atoms with E-state index in [9.17, 15) is 10.4 Å². The molecule has 0 bridgehead atoms. The molecule has 0 amide bonds. The third kappa shape index (κ3) is 3.05. The fourth-order valence-corrected chi connectivity index (χ4v) is 3.49. The maximum absolute atomic E-state index is 10.0. The van der Waals surface area contributed by atoms with E-state index in [-0.39, 0.29) is 5.92 Å². The number of hydrogen-bond donors (Lipinski definition) is 1. The molecule has 2 fully saturated rings. The highest BCUT2D eigenvalue weighted by molar-refractivity contribution is 4.99. The van der Waals surface area contributed by atoms with Crippen molar-refractivity contribution in [1.82, 2.24) is 4.90 Å². The Bertz CT molecular complexity index is 311. The van der Waals surface area contributed by atoms with E-state index in [1.165, 1.54) is 19.3 Å². The summed E-state index contributed by atoms with van der Waals surface area (Å²) < 4.78 is 0. The van der Waals surface area contributed by atoms with Gasteiger partial charge < -0.3 is 5.11 Å². The lowest BCUT2D eigenvalue weighted by Gasteiger charge is -2.44. The molecule has 18 heavy (non-hydrogen) atoms. The van der Waals surface area contributed by atoms with Crippen molar-refractivity contribution in [2.24, 2.45) is 11.8 Å². The van der Waals surface area contributed by atoms with Gasteiger partial charge in [0.1, 0.15) is 0 Å². The minimum Gasteiger partial charge on any atom is -0.390 e. The third-order valence-electron chi connectivity index (χ3n) is 5.01. The van der Waals surface area contributed by atoms with Crippen LogP contribution >= 0.6 is 0 Å². The second-order valence-corrected chi connectivity index (χ2v) is 6.42. The Balaban J connectivity index is 1.99. The zero-order valence-corrected chi connectivity index (χ0v) is 11.7. The Hall–Kier alpha value is -0.590. The molecule has 1 N–H and O–H groups in total. The number of nitrogens with zero attached hydrogens (tertiary/aromatic N) is 2. The SMILES string of the molecule is CCC1CCC(C#N)C(N2CCC(C)(O)CC2)C1. The number of piperidine rings is 1. The van der Waals surface area contributed by atoms with Crippen LogP contribution in [0.5, 0.6) is 0 Å². The molecule has 102 valence electrons. The van der Waals surface area contributed by atoms with Crippen molar-refractivity contribution in [2.45, 2.75) is 64.0 Å². The van der Waals surface area contributed by atoms with Crippen LogP contribution in [0, 0.1) is 23.2 Å². The van der Waals surface area contributed by atoms with Crippen LogP contribution in [-0.4, -0.2) is 34.7 Å². The summed E-state index contributed by atoms with van der Waals surface area (Å²) in [4.78, 5) is 2.47. The van der Waals surface area contributed by atoms with E-state index in [1.807, 2.05) is 6.92 Å². The second kappa shape index (κ2) is 5.59. The Labute approximate surface area is 111 Å². The zero-order valence-electron chi connectivity index (χ0n) is 11.7. The molecule has 1 aliphatic carbocycles. The van der Waals surface area contributed by atoms with Gasteiger partial charge in [0.25, 0.3) is 0 Å². The van der Waals surface area contributed by atoms with Crippen molar-refractivity contribution in [3.05, 3.63) is 0 Å². The predicted molar refractivity (Wildman–Crippen MR) is 72.0 cm³/mol. The van der Waals surface area contributed by atoms with E-state index in [4.69, 9.17) is 0 Å². The number of likely N-dealkylation sites (tertiary alicyclic amines) is 1. The average molecular weight is 250 g/mol. The fourth-order valence-electron chi connectivity index (χ4n) is 3.49. The van der Waals surface area contributed by atoms with Crippen LogP contribution in [0.15, 0.2) is 0 Å². The van der Waals surface area contributed by atoms with Crippen LogP contribution in [0.1, 0.15) is 52.4 Å². The second-order valence-electron chi connectivity index (χ2n) is 6.42. The topological polar surface area (TPSA) is 47.3 Å². The molecule has 0 aromatic carbocycles. The molecule has 2 rings (SSSR count). The van der Waals surface area contributed by atoms with Gasteiger partial charge in [0.15, 0.2) is 0 Å². The fraction of sp³-hybridized carbons (Fsp3) is 0.933. The molecule has 1 saturated carbocycles. The molecular weight excluding hydrogens is 224 g/mol. The quantitative estimate of drug-likeness (QED) is 0.819. The molecule has 0 radical (unpaired) electrons. The normalized spacial score (nSPS) is 37.1. The van der Waals surface area contributed by atoms with Crippen molar-refractivity contribution >= 4 is 0 Å². The number of nitriles is 1. The molecular formula is C15H26N2O. The van der Waals surface area contributed by atoms with Gasteiger partial charge in [-0.1, -0.05) is 13.3 Å². The first-order valence-corrected chi connectivity index (χ1v) is 7.42. The summed E-state index contributed by atoms with van der Waals surface area (Å²) in [6, 6.07) is 2.95. The summed E-state index contributed by atoms with van der Waals surface area (Å²) in [7, 11) is 0. The maximum Gasteiger partial charge on any atom is 0.0672 e. The first-order chi connectivity index (χ1) is 8.55. The predicted octanol–water partition coefficient (Wildman–Crippen LogP) is 2.55. The Morgan fingerprint density at radius 2 is 2.00 bits per heavy atom. The molecule has 3 atom stereocenters. The van der Waals surface area contributed by atoms with Gasteiger partial charge in [0.05, 0.1) is 17.6 Å². The van der Waals surface area contributed by atoms with Crippen LogP contribution in [0.3, 0.4) is 0 Å². The summed E-state index contributed by atoms with van der Waals surface area (Å²) in [5.41, 5.74) is -0.489. The molecule has 0 spiro atoms. The molecule has 2 aliphatic rings. The molecule has 3 unspecified atom stereocenters.